The maximum Gasteiger partial charge on any atom is 0.303 e. The average molecular weight is 465 g/mol. The van der Waals surface area contributed by atoms with Gasteiger partial charge in [-0.05, 0) is 0 Å². The quantitative estimate of drug-likeness (QED) is 0.292. The zero-order valence-corrected chi connectivity index (χ0v) is 18.1. The van der Waals surface area contributed by atoms with Crippen molar-refractivity contribution in [3.05, 3.63) is 23.0 Å². The first-order valence-corrected chi connectivity index (χ1v) is 9.77. The molecule has 3 heterocycles. The molecule has 0 aromatic carbocycles. The topological polar surface area (TPSA) is 187 Å². The number of nitrogen functional groups attached to an aromatic ring is 1. The highest BCUT2D eigenvalue weighted by atomic mass is 16.7. The number of H-pyrrole nitrogens is 1. The van der Waals surface area contributed by atoms with Crippen molar-refractivity contribution in [2.45, 2.75) is 45.3 Å². The summed E-state index contributed by atoms with van der Waals surface area (Å²) < 4.78 is 28.6. The van der Waals surface area contributed by atoms with E-state index in [9.17, 15) is 19.2 Å². The second-order valence-electron chi connectivity index (χ2n) is 7.00. The first-order valence-electron chi connectivity index (χ1n) is 9.77. The molecule has 2 aromatic rings. The Morgan fingerprint density at radius 3 is 2.42 bits per heavy atom. The number of ether oxygens (including phenoxy) is 5. The van der Waals surface area contributed by atoms with Crippen molar-refractivity contribution in [2.75, 3.05) is 18.9 Å². The van der Waals surface area contributed by atoms with Crippen LogP contribution in [0, 0.1) is 0 Å². The second kappa shape index (κ2) is 9.68. The Balaban J connectivity index is 2.17. The number of carbonyl (C=O) groups excluding carboxylic acids is 3. The summed E-state index contributed by atoms with van der Waals surface area (Å²) in [6.07, 6.45) is -3.23. The van der Waals surface area contributed by atoms with Crippen molar-refractivity contribution in [1.82, 2.24) is 19.5 Å². The molecule has 1 saturated heterocycles. The molecular formula is C19H23N5O9. The van der Waals surface area contributed by atoms with Crippen molar-refractivity contribution in [2.24, 2.45) is 0 Å². The molecule has 1 aliphatic heterocycles. The van der Waals surface area contributed by atoms with Crippen LogP contribution in [0.1, 0.15) is 27.0 Å². The van der Waals surface area contributed by atoms with E-state index in [2.05, 4.69) is 21.5 Å². The van der Waals surface area contributed by atoms with Crippen molar-refractivity contribution in [3.63, 3.8) is 0 Å². The van der Waals surface area contributed by atoms with E-state index in [4.69, 9.17) is 29.4 Å². The lowest BCUT2D eigenvalue weighted by Crippen LogP contribution is -2.40. The van der Waals surface area contributed by atoms with Crippen LogP contribution in [-0.4, -0.2) is 69.0 Å². The number of nitrogens with one attached hydrogen (secondary N) is 1. The van der Waals surface area contributed by atoms with E-state index in [0.717, 1.165) is 13.8 Å². The minimum Gasteiger partial charge on any atom is -0.463 e. The van der Waals surface area contributed by atoms with Gasteiger partial charge in [-0.25, -0.2) is 4.57 Å². The van der Waals surface area contributed by atoms with Gasteiger partial charge in [0.2, 0.25) is 5.95 Å². The highest BCUT2D eigenvalue weighted by molar-refractivity contribution is 5.73. The largest absolute Gasteiger partial charge is 0.463 e. The molecule has 0 saturated carbocycles. The van der Waals surface area contributed by atoms with Crippen LogP contribution in [0.3, 0.4) is 0 Å². The number of imidazole rings is 1. The van der Waals surface area contributed by atoms with Gasteiger partial charge in [0.15, 0.2) is 29.6 Å². The van der Waals surface area contributed by atoms with Gasteiger partial charge in [-0.3, -0.25) is 24.2 Å². The molecular weight excluding hydrogens is 442 g/mol. The maximum absolute atomic E-state index is 12.4. The van der Waals surface area contributed by atoms with Crippen LogP contribution in [0.5, 0.6) is 6.01 Å². The lowest BCUT2D eigenvalue weighted by Gasteiger charge is -2.24. The molecule has 3 rings (SSSR count). The molecule has 0 radical (unpaired) electrons. The molecule has 0 aliphatic carbocycles. The summed E-state index contributed by atoms with van der Waals surface area (Å²) in [5.74, 6) is -2.20. The van der Waals surface area contributed by atoms with Crippen LogP contribution >= 0.6 is 0 Å². The van der Waals surface area contributed by atoms with E-state index in [1.54, 1.807) is 0 Å². The zero-order chi connectivity index (χ0) is 24.3. The van der Waals surface area contributed by atoms with Crippen molar-refractivity contribution in [1.29, 1.82) is 0 Å². The average Bonchev–Trinajstić information content (AvgIpc) is 3.22. The summed E-state index contributed by atoms with van der Waals surface area (Å²) in [4.78, 5) is 58.0. The Labute approximate surface area is 186 Å². The lowest BCUT2D eigenvalue weighted by atomic mass is 10.1. The number of hydrogen-bond donors (Lipinski definition) is 2. The first-order chi connectivity index (χ1) is 15.6. The molecule has 0 amide bonds. The maximum atomic E-state index is 12.4. The van der Waals surface area contributed by atoms with Gasteiger partial charge in [-0.2, -0.15) is 9.97 Å². The zero-order valence-electron chi connectivity index (χ0n) is 18.1. The Hall–Kier alpha value is -3.94. The lowest BCUT2D eigenvalue weighted by molar-refractivity contribution is -0.166. The van der Waals surface area contributed by atoms with Gasteiger partial charge in [0.25, 0.3) is 5.56 Å². The normalized spacial score (nSPS) is 22.0. The molecule has 0 spiro atoms. The predicted octanol–water partition coefficient (Wildman–Crippen LogP) is -0.409. The van der Waals surface area contributed by atoms with Crippen molar-refractivity contribution in [3.8, 4) is 6.01 Å². The summed E-state index contributed by atoms with van der Waals surface area (Å²) in [5.41, 5.74) is 4.90. The number of aromatic amines is 1. The molecule has 1 aliphatic rings. The molecule has 178 valence electrons. The van der Waals surface area contributed by atoms with Gasteiger partial charge in [-0.1, -0.05) is 12.7 Å². The molecule has 1 fully saturated rings. The van der Waals surface area contributed by atoms with Crippen LogP contribution < -0.4 is 16.0 Å². The molecule has 4 atom stereocenters. The van der Waals surface area contributed by atoms with E-state index in [1.165, 1.54) is 17.6 Å². The first kappa shape index (κ1) is 23.7. The predicted molar refractivity (Wildman–Crippen MR) is 110 cm³/mol. The van der Waals surface area contributed by atoms with Gasteiger partial charge < -0.3 is 29.4 Å². The van der Waals surface area contributed by atoms with Crippen LogP contribution in [0.4, 0.5) is 5.95 Å². The van der Waals surface area contributed by atoms with Gasteiger partial charge in [0, 0.05) is 20.8 Å². The fraction of sp³-hybridized carbons (Fsp3) is 0.474. The standard InChI is InChI=1S/C19H23N5O9/c1-5-6-29-19-21-12-15(22-18(20)23-16(12)28)24(19)17-14(32-10(4)27)13(31-9(3)26)11(33-17)7-30-8(2)25/h5,11,13-14,17H,1,6-7H2,2-4H3,(H3,20,22,23,28)/t11-,13+,14+,17-/m1/s1. The molecule has 14 nitrogen and oxygen atoms in total. The van der Waals surface area contributed by atoms with Crippen LogP contribution in [0.25, 0.3) is 11.2 Å². The smallest absolute Gasteiger partial charge is 0.303 e. The molecule has 0 bridgehead atoms. The number of nitrogens with two attached hydrogens (primary N) is 1. The van der Waals surface area contributed by atoms with Crippen LogP contribution in [-0.2, 0) is 33.3 Å². The number of esters is 3. The fourth-order valence-electron chi connectivity index (χ4n) is 3.35. The molecule has 14 heteroatoms. The Kier molecular flexibility index (Phi) is 6.96. The SMILES string of the molecule is C=CCOc1nc2c(=O)[nH]c(N)nc2n1[C@@H]1O[C@H](COC(C)=O)[C@H](OC(C)=O)[C@@H]1OC(C)=O. The summed E-state index contributed by atoms with van der Waals surface area (Å²) in [5, 5.41) is 0. The number of fused-ring (bicyclic) bond motifs is 1. The number of anilines is 1. The summed E-state index contributed by atoms with van der Waals surface area (Å²) in [7, 11) is 0. The number of carbonyl (C=O) groups is 3. The fourth-order valence-corrected chi connectivity index (χ4v) is 3.35. The van der Waals surface area contributed by atoms with E-state index in [1.807, 2.05) is 0 Å². The Bertz CT molecular complexity index is 1140. The number of rotatable bonds is 8. The number of nitrogens with zero attached hydrogens (tertiary/aromatic N) is 3. The van der Waals surface area contributed by atoms with E-state index < -0.39 is 48.0 Å². The van der Waals surface area contributed by atoms with Crippen molar-refractivity contribution >= 4 is 35.0 Å². The van der Waals surface area contributed by atoms with Crippen LogP contribution in [0.2, 0.25) is 0 Å². The third-order valence-electron chi connectivity index (χ3n) is 4.46. The van der Waals surface area contributed by atoms with E-state index in [0.29, 0.717) is 0 Å². The summed E-state index contributed by atoms with van der Waals surface area (Å²) in [6, 6.07) is -0.120. The highest BCUT2D eigenvalue weighted by Crippen LogP contribution is 2.38. The summed E-state index contributed by atoms with van der Waals surface area (Å²) >= 11 is 0. The minimum absolute atomic E-state index is 0.00586. The van der Waals surface area contributed by atoms with Gasteiger partial charge in [0.05, 0.1) is 0 Å². The third-order valence-corrected chi connectivity index (χ3v) is 4.46. The van der Waals surface area contributed by atoms with E-state index in [-0.39, 0.29) is 36.3 Å². The molecule has 2 aromatic heterocycles. The number of aromatic nitrogens is 4. The Morgan fingerprint density at radius 1 is 1.15 bits per heavy atom. The van der Waals surface area contributed by atoms with Gasteiger partial charge in [0.1, 0.15) is 19.3 Å². The monoisotopic (exact) mass is 465 g/mol. The minimum atomic E-state index is -1.24. The second-order valence-corrected chi connectivity index (χ2v) is 7.00. The highest BCUT2D eigenvalue weighted by Gasteiger charge is 2.52. The van der Waals surface area contributed by atoms with E-state index >= 15 is 0 Å². The molecule has 3 N–H and O–H groups in total. The van der Waals surface area contributed by atoms with Crippen molar-refractivity contribution < 1.29 is 38.1 Å². The number of hydrogen-bond acceptors (Lipinski definition) is 12. The molecule has 33 heavy (non-hydrogen) atoms. The molecule has 0 unspecified atom stereocenters. The Morgan fingerprint density at radius 2 is 1.82 bits per heavy atom. The van der Waals surface area contributed by atoms with Gasteiger partial charge in [-0.15, -0.1) is 0 Å². The third kappa shape index (κ3) is 5.11. The van der Waals surface area contributed by atoms with Crippen LogP contribution in [0.15, 0.2) is 17.4 Å². The van der Waals surface area contributed by atoms with Gasteiger partial charge >= 0.3 is 23.9 Å². The summed E-state index contributed by atoms with van der Waals surface area (Å²) in [6.45, 7) is 6.77.